The van der Waals surface area contributed by atoms with Crippen molar-refractivity contribution in [1.82, 2.24) is 10.2 Å². The molecule has 5 rings (SSSR count). The standard InChI is InChI=1S/C13H20N4O/c14-6-12-15-16-13(18-12)17-7-10-2-8-1-9(3-10)5-11(17)4-8/h8-11H,1-7,14H2. The predicted molar refractivity (Wildman–Crippen MR) is 66.9 cm³/mol. The van der Waals surface area contributed by atoms with Gasteiger partial charge in [0.1, 0.15) is 0 Å². The molecule has 5 nitrogen and oxygen atoms in total. The van der Waals surface area contributed by atoms with Gasteiger partial charge in [-0.2, -0.15) is 0 Å². The molecule has 2 N–H and O–H groups in total. The molecule has 4 bridgehead atoms. The predicted octanol–water partition coefficient (Wildman–Crippen LogP) is 1.54. The number of anilines is 1. The van der Waals surface area contributed by atoms with Gasteiger partial charge in [0, 0.05) is 12.6 Å². The van der Waals surface area contributed by atoms with Crippen LogP contribution in [0.5, 0.6) is 0 Å². The van der Waals surface area contributed by atoms with Crippen LogP contribution in [-0.4, -0.2) is 22.8 Å². The van der Waals surface area contributed by atoms with Gasteiger partial charge < -0.3 is 15.1 Å². The zero-order chi connectivity index (χ0) is 12.1. The van der Waals surface area contributed by atoms with Crippen LogP contribution in [0.25, 0.3) is 0 Å². The van der Waals surface area contributed by atoms with Crippen molar-refractivity contribution in [3.8, 4) is 0 Å². The summed E-state index contributed by atoms with van der Waals surface area (Å²) in [6.45, 7) is 1.43. The molecule has 2 unspecified atom stereocenters. The molecule has 1 aromatic heterocycles. The van der Waals surface area contributed by atoms with Gasteiger partial charge in [0.05, 0.1) is 6.54 Å². The molecule has 0 radical (unpaired) electrons. The van der Waals surface area contributed by atoms with E-state index in [0.717, 1.165) is 24.3 Å². The first-order valence-electron chi connectivity index (χ1n) is 7.11. The summed E-state index contributed by atoms with van der Waals surface area (Å²) in [5.74, 6) is 3.26. The molecule has 2 aliphatic carbocycles. The van der Waals surface area contributed by atoms with E-state index in [4.69, 9.17) is 10.2 Å². The van der Waals surface area contributed by atoms with E-state index in [2.05, 4.69) is 15.1 Å². The third kappa shape index (κ3) is 1.64. The topological polar surface area (TPSA) is 68.2 Å². The minimum Gasteiger partial charge on any atom is -0.407 e. The third-order valence-corrected chi connectivity index (χ3v) is 4.98. The zero-order valence-corrected chi connectivity index (χ0v) is 10.6. The minimum absolute atomic E-state index is 0.334. The summed E-state index contributed by atoms with van der Waals surface area (Å²) in [5, 5.41) is 8.18. The maximum Gasteiger partial charge on any atom is 0.318 e. The monoisotopic (exact) mass is 248 g/mol. The summed E-state index contributed by atoms with van der Waals surface area (Å²) >= 11 is 0. The molecule has 4 aliphatic rings. The van der Waals surface area contributed by atoms with E-state index < -0.39 is 0 Å². The summed E-state index contributed by atoms with van der Waals surface area (Å²) in [5.41, 5.74) is 5.54. The molecule has 0 amide bonds. The van der Waals surface area contributed by atoms with Gasteiger partial charge in [-0.3, -0.25) is 0 Å². The molecular formula is C13H20N4O. The first-order chi connectivity index (χ1) is 8.81. The van der Waals surface area contributed by atoms with Crippen LogP contribution >= 0.6 is 0 Å². The lowest BCUT2D eigenvalue weighted by Gasteiger charge is -2.38. The first-order valence-corrected chi connectivity index (χ1v) is 7.11. The van der Waals surface area contributed by atoms with Crippen LogP contribution in [0.1, 0.15) is 38.0 Å². The largest absolute Gasteiger partial charge is 0.407 e. The van der Waals surface area contributed by atoms with Crippen molar-refractivity contribution in [1.29, 1.82) is 0 Å². The van der Waals surface area contributed by atoms with Crippen LogP contribution in [0.2, 0.25) is 0 Å². The molecule has 5 heteroatoms. The Morgan fingerprint density at radius 1 is 1.06 bits per heavy atom. The van der Waals surface area contributed by atoms with Gasteiger partial charge >= 0.3 is 6.01 Å². The molecule has 2 saturated carbocycles. The molecule has 2 atom stereocenters. The second-order valence-electron chi connectivity index (χ2n) is 6.27. The lowest BCUT2D eigenvalue weighted by Crippen LogP contribution is -2.38. The van der Waals surface area contributed by atoms with Crippen molar-refractivity contribution < 1.29 is 4.42 Å². The molecule has 4 fully saturated rings. The molecule has 2 saturated heterocycles. The van der Waals surface area contributed by atoms with Crippen LogP contribution in [0.3, 0.4) is 0 Å². The number of aromatic nitrogens is 2. The molecule has 1 aromatic rings. The Hall–Kier alpha value is -1.10. The van der Waals surface area contributed by atoms with Gasteiger partial charge in [0.15, 0.2) is 0 Å². The van der Waals surface area contributed by atoms with E-state index in [0.29, 0.717) is 24.5 Å². The van der Waals surface area contributed by atoms with E-state index in [1.165, 1.54) is 32.1 Å². The Balaban J connectivity index is 1.65. The fraction of sp³-hybridized carbons (Fsp3) is 0.846. The quantitative estimate of drug-likeness (QED) is 0.860. The Morgan fingerprint density at radius 3 is 2.44 bits per heavy atom. The van der Waals surface area contributed by atoms with Gasteiger partial charge in [0.2, 0.25) is 5.89 Å². The Morgan fingerprint density at radius 2 is 1.78 bits per heavy atom. The molecule has 0 spiro atoms. The van der Waals surface area contributed by atoms with Crippen LogP contribution in [0, 0.1) is 17.8 Å². The van der Waals surface area contributed by atoms with E-state index in [9.17, 15) is 0 Å². The second-order valence-corrected chi connectivity index (χ2v) is 6.27. The van der Waals surface area contributed by atoms with Crippen LogP contribution in [0.15, 0.2) is 4.42 Å². The van der Waals surface area contributed by atoms with Crippen LogP contribution in [0.4, 0.5) is 6.01 Å². The molecule has 3 heterocycles. The summed E-state index contributed by atoms with van der Waals surface area (Å²) in [7, 11) is 0. The van der Waals surface area contributed by atoms with Crippen molar-refractivity contribution in [3.05, 3.63) is 5.89 Å². The smallest absolute Gasteiger partial charge is 0.318 e. The van der Waals surface area contributed by atoms with Gasteiger partial charge in [-0.05, 0) is 49.9 Å². The average molecular weight is 248 g/mol. The van der Waals surface area contributed by atoms with E-state index in [1.807, 2.05) is 0 Å². The van der Waals surface area contributed by atoms with Gasteiger partial charge in [-0.15, -0.1) is 5.10 Å². The highest BCUT2D eigenvalue weighted by atomic mass is 16.4. The van der Waals surface area contributed by atoms with E-state index in [-0.39, 0.29) is 0 Å². The minimum atomic E-state index is 0.334. The van der Waals surface area contributed by atoms with Crippen molar-refractivity contribution in [2.24, 2.45) is 23.5 Å². The Kier molecular flexibility index (Phi) is 2.37. The van der Waals surface area contributed by atoms with Crippen molar-refractivity contribution in [2.75, 3.05) is 11.4 Å². The van der Waals surface area contributed by atoms with Gasteiger partial charge in [-0.25, -0.2) is 0 Å². The van der Waals surface area contributed by atoms with Gasteiger partial charge in [0.25, 0.3) is 0 Å². The lowest BCUT2D eigenvalue weighted by atomic mass is 9.68. The molecular weight excluding hydrogens is 228 g/mol. The molecule has 2 aliphatic heterocycles. The number of nitrogens with zero attached hydrogens (tertiary/aromatic N) is 3. The van der Waals surface area contributed by atoms with Crippen LogP contribution < -0.4 is 10.6 Å². The van der Waals surface area contributed by atoms with Crippen molar-refractivity contribution >= 4 is 6.01 Å². The zero-order valence-electron chi connectivity index (χ0n) is 10.6. The highest BCUT2D eigenvalue weighted by molar-refractivity contribution is 5.29. The molecule has 18 heavy (non-hydrogen) atoms. The maximum absolute atomic E-state index is 5.66. The number of hydrogen-bond acceptors (Lipinski definition) is 5. The summed E-state index contributed by atoms with van der Waals surface area (Å²) in [4.78, 5) is 2.37. The normalized spacial score (nSPS) is 38.2. The Labute approximate surface area is 107 Å². The van der Waals surface area contributed by atoms with Crippen molar-refractivity contribution in [3.63, 3.8) is 0 Å². The van der Waals surface area contributed by atoms with E-state index >= 15 is 0 Å². The Bertz CT molecular complexity index is 432. The lowest BCUT2D eigenvalue weighted by molar-refractivity contribution is 0.157. The highest BCUT2D eigenvalue weighted by Gasteiger charge is 2.43. The summed E-state index contributed by atoms with van der Waals surface area (Å²) in [6, 6.07) is 1.32. The average Bonchev–Trinajstić information content (AvgIpc) is 2.75. The number of hydrogen-bond donors (Lipinski definition) is 1. The third-order valence-electron chi connectivity index (χ3n) is 4.98. The van der Waals surface area contributed by atoms with E-state index in [1.54, 1.807) is 0 Å². The van der Waals surface area contributed by atoms with Crippen LogP contribution in [-0.2, 0) is 6.54 Å². The maximum atomic E-state index is 5.66. The molecule has 98 valence electrons. The fourth-order valence-electron chi connectivity index (χ4n) is 4.46. The highest BCUT2D eigenvalue weighted by Crippen LogP contribution is 2.48. The number of fused-ring (bicyclic) bond motifs is 1. The number of nitrogens with two attached hydrogens (primary N) is 1. The summed E-state index contributed by atoms with van der Waals surface area (Å²) < 4.78 is 5.66. The summed E-state index contributed by atoms with van der Waals surface area (Å²) in [6.07, 6.45) is 6.89. The number of rotatable bonds is 2. The first kappa shape index (κ1) is 10.8. The SMILES string of the molecule is NCc1nnc(N2CC3CC4CC(C3)CC2C4)o1. The van der Waals surface area contributed by atoms with Crippen molar-refractivity contribution in [2.45, 2.75) is 44.7 Å². The second kappa shape index (κ2) is 3.95. The fourth-order valence-corrected chi connectivity index (χ4v) is 4.46. The molecule has 0 aromatic carbocycles. The van der Waals surface area contributed by atoms with Gasteiger partial charge in [-0.1, -0.05) is 5.10 Å².